The summed E-state index contributed by atoms with van der Waals surface area (Å²) in [6.07, 6.45) is 15.6. The van der Waals surface area contributed by atoms with Gasteiger partial charge in [-0.05, 0) is 104 Å². The molecule has 0 aromatic heterocycles. The number of allylic oxidation sites excluding steroid dienone is 1. The van der Waals surface area contributed by atoms with Crippen molar-refractivity contribution in [1.82, 2.24) is 0 Å². The summed E-state index contributed by atoms with van der Waals surface area (Å²) in [7, 11) is 0. The van der Waals surface area contributed by atoms with Crippen LogP contribution in [-0.2, 0) is 4.79 Å². The van der Waals surface area contributed by atoms with Gasteiger partial charge >= 0.3 is 0 Å². The van der Waals surface area contributed by atoms with Crippen LogP contribution in [0.2, 0.25) is 0 Å². The number of aldehydes is 1. The van der Waals surface area contributed by atoms with Crippen LogP contribution in [0.25, 0.3) is 0 Å². The molecule has 0 aromatic carbocycles. The monoisotopic (exact) mass is 442 g/mol. The Morgan fingerprint density at radius 2 is 1.81 bits per heavy atom. The molecule has 0 aromatic rings. The van der Waals surface area contributed by atoms with Crippen LogP contribution in [0.1, 0.15) is 106 Å². The molecule has 0 saturated heterocycles. The highest BCUT2D eigenvalue weighted by Gasteiger charge is 2.61. The minimum absolute atomic E-state index is 0.0671. The minimum Gasteiger partial charge on any atom is -0.393 e. The molecule has 2 heteroatoms. The number of carbonyl (C=O) groups is 1. The Hall–Kier alpha value is -0.630. The number of aliphatic hydroxyl groups excluding tert-OH is 1. The smallest absolute Gasteiger partial charge is 0.127 e. The van der Waals surface area contributed by atoms with Gasteiger partial charge in [0.05, 0.1) is 6.10 Å². The van der Waals surface area contributed by atoms with E-state index in [4.69, 9.17) is 0 Å². The van der Waals surface area contributed by atoms with E-state index in [2.05, 4.69) is 47.6 Å². The van der Waals surface area contributed by atoms with Crippen molar-refractivity contribution < 1.29 is 9.90 Å². The molecular weight excluding hydrogens is 392 g/mol. The molecule has 3 saturated carbocycles. The van der Waals surface area contributed by atoms with E-state index in [0.717, 1.165) is 42.9 Å². The molecule has 0 radical (unpaired) electrons. The molecule has 0 bridgehead atoms. The first kappa shape index (κ1) is 24.5. The summed E-state index contributed by atoms with van der Waals surface area (Å²) in [6, 6.07) is 0. The lowest BCUT2D eigenvalue weighted by molar-refractivity contribution is -0.120. The van der Waals surface area contributed by atoms with Gasteiger partial charge in [0.1, 0.15) is 6.29 Å². The van der Waals surface area contributed by atoms with Gasteiger partial charge in [0.25, 0.3) is 0 Å². The van der Waals surface area contributed by atoms with E-state index >= 15 is 0 Å². The van der Waals surface area contributed by atoms with E-state index in [-0.39, 0.29) is 17.4 Å². The van der Waals surface area contributed by atoms with Gasteiger partial charge in [0.2, 0.25) is 0 Å². The van der Waals surface area contributed by atoms with Crippen molar-refractivity contribution in [3.05, 3.63) is 11.6 Å². The van der Waals surface area contributed by atoms with Crippen molar-refractivity contribution in [3.63, 3.8) is 0 Å². The standard InChI is InChI=1S/C30H50O2/c1-7-21(19(2)3)9-8-20(4)25-10-11-26-28-22(18-31)16-23-17-24(32)12-14-29(23,5)27(28)13-15-30(25,26)6/h16,18-22,24-28,32H,7-15,17H2,1-6H3/t20-,21-,22?,24+,25-,26+,27+,28+,29+,30-/m1/s1. The molecule has 182 valence electrons. The first-order chi connectivity index (χ1) is 15.2. The van der Waals surface area contributed by atoms with Crippen LogP contribution in [0.5, 0.6) is 0 Å². The van der Waals surface area contributed by atoms with Gasteiger partial charge in [-0.3, -0.25) is 0 Å². The summed E-state index contributed by atoms with van der Waals surface area (Å²) in [6.45, 7) is 14.8. The minimum atomic E-state index is -0.207. The molecule has 0 heterocycles. The zero-order valence-corrected chi connectivity index (χ0v) is 21.8. The van der Waals surface area contributed by atoms with E-state index in [9.17, 15) is 9.90 Å². The van der Waals surface area contributed by atoms with Crippen molar-refractivity contribution in [1.29, 1.82) is 0 Å². The maximum absolute atomic E-state index is 12.4. The predicted octanol–water partition coefficient (Wildman–Crippen LogP) is 7.45. The fraction of sp³-hybridized carbons (Fsp3) is 0.900. The highest BCUT2D eigenvalue weighted by Crippen LogP contribution is 2.68. The Morgan fingerprint density at radius 1 is 1.06 bits per heavy atom. The summed E-state index contributed by atoms with van der Waals surface area (Å²) in [5, 5.41) is 10.3. The van der Waals surface area contributed by atoms with E-state index in [1.807, 2.05) is 0 Å². The van der Waals surface area contributed by atoms with Crippen LogP contribution in [0.15, 0.2) is 11.6 Å². The Kier molecular flexibility index (Phi) is 7.04. The van der Waals surface area contributed by atoms with Crippen molar-refractivity contribution in [2.24, 2.45) is 58.2 Å². The molecule has 1 N–H and O–H groups in total. The quantitative estimate of drug-likeness (QED) is 0.328. The maximum atomic E-state index is 12.4. The predicted molar refractivity (Wildman–Crippen MR) is 133 cm³/mol. The number of carbonyl (C=O) groups excluding carboxylic acids is 1. The van der Waals surface area contributed by atoms with Gasteiger partial charge in [0.15, 0.2) is 0 Å². The van der Waals surface area contributed by atoms with E-state index < -0.39 is 0 Å². The van der Waals surface area contributed by atoms with Gasteiger partial charge in [0, 0.05) is 5.92 Å². The number of aliphatic hydroxyl groups is 1. The summed E-state index contributed by atoms with van der Waals surface area (Å²) in [5.74, 6) is 5.17. The summed E-state index contributed by atoms with van der Waals surface area (Å²) in [4.78, 5) is 12.4. The molecule has 0 amide bonds. The van der Waals surface area contributed by atoms with Crippen LogP contribution in [0.3, 0.4) is 0 Å². The molecule has 0 aliphatic heterocycles. The fourth-order valence-electron chi connectivity index (χ4n) is 9.51. The topological polar surface area (TPSA) is 37.3 Å². The average molecular weight is 443 g/mol. The third-order valence-electron chi connectivity index (χ3n) is 11.6. The molecule has 0 spiro atoms. The lowest BCUT2D eigenvalue weighted by Gasteiger charge is -2.59. The lowest BCUT2D eigenvalue weighted by Crippen LogP contribution is -2.53. The molecule has 4 aliphatic rings. The zero-order chi connectivity index (χ0) is 23.3. The van der Waals surface area contributed by atoms with Crippen LogP contribution >= 0.6 is 0 Å². The largest absolute Gasteiger partial charge is 0.393 e. The number of hydrogen-bond donors (Lipinski definition) is 1. The van der Waals surface area contributed by atoms with E-state index in [1.54, 1.807) is 0 Å². The average Bonchev–Trinajstić information content (AvgIpc) is 3.11. The van der Waals surface area contributed by atoms with Crippen molar-refractivity contribution in [2.45, 2.75) is 112 Å². The summed E-state index contributed by atoms with van der Waals surface area (Å²) < 4.78 is 0. The van der Waals surface area contributed by atoms with E-state index in [1.165, 1.54) is 56.8 Å². The van der Waals surface area contributed by atoms with Crippen LogP contribution < -0.4 is 0 Å². The number of fused-ring (bicyclic) bond motifs is 5. The second-order valence-electron chi connectivity index (χ2n) is 13.2. The van der Waals surface area contributed by atoms with Gasteiger partial charge < -0.3 is 9.90 Å². The van der Waals surface area contributed by atoms with Crippen LogP contribution in [0.4, 0.5) is 0 Å². The Balaban J connectivity index is 1.55. The SMILES string of the molecule is CC[C@H](CC[C@@H](C)[C@H]1CC[C@H]2[C@@H]3C(C=O)C=C4C[C@@H](O)CC[C@]4(C)[C@H]3CC[C@]12C)C(C)C. The second kappa shape index (κ2) is 9.20. The maximum Gasteiger partial charge on any atom is 0.127 e. The molecule has 4 aliphatic carbocycles. The molecule has 32 heavy (non-hydrogen) atoms. The van der Waals surface area contributed by atoms with Crippen molar-refractivity contribution in [2.75, 3.05) is 0 Å². The Morgan fingerprint density at radius 3 is 2.47 bits per heavy atom. The highest BCUT2D eigenvalue weighted by atomic mass is 16.3. The van der Waals surface area contributed by atoms with Gasteiger partial charge in [-0.15, -0.1) is 0 Å². The van der Waals surface area contributed by atoms with Gasteiger partial charge in [-0.1, -0.05) is 66.0 Å². The fourth-order valence-corrected chi connectivity index (χ4v) is 9.51. The third kappa shape index (κ3) is 3.95. The Bertz CT molecular complexity index is 710. The number of hydrogen-bond acceptors (Lipinski definition) is 2. The summed E-state index contributed by atoms with van der Waals surface area (Å²) >= 11 is 0. The van der Waals surface area contributed by atoms with Crippen LogP contribution in [-0.4, -0.2) is 17.5 Å². The number of rotatable bonds is 7. The molecular formula is C30H50O2. The van der Waals surface area contributed by atoms with Gasteiger partial charge in [-0.2, -0.15) is 0 Å². The zero-order valence-electron chi connectivity index (χ0n) is 21.8. The first-order valence-corrected chi connectivity index (χ1v) is 14.0. The lowest BCUT2D eigenvalue weighted by atomic mass is 9.45. The van der Waals surface area contributed by atoms with Crippen LogP contribution in [0, 0.1) is 58.2 Å². The third-order valence-corrected chi connectivity index (χ3v) is 11.6. The van der Waals surface area contributed by atoms with Crippen molar-refractivity contribution >= 4 is 6.29 Å². The Labute approximate surface area is 198 Å². The first-order valence-electron chi connectivity index (χ1n) is 14.0. The second-order valence-corrected chi connectivity index (χ2v) is 13.2. The molecule has 2 nitrogen and oxygen atoms in total. The van der Waals surface area contributed by atoms with Crippen molar-refractivity contribution in [3.8, 4) is 0 Å². The summed E-state index contributed by atoms with van der Waals surface area (Å²) in [5.41, 5.74) is 2.01. The molecule has 10 atom stereocenters. The molecule has 1 unspecified atom stereocenters. The molecule has 4 rings (SSSR count). The van der Waals surface area contributed by atoms with Gasteiger partial charge in [-0.25, -0.2) is 0 Å². The molecule has 3 fully saturated rings. The normalized spacial score (nSPS) is 45.4. The van der Waals surface area contributed by atoms with E-state index in [0.29, 0.717) is 23.2 Å². The highest BCUT2D eigenvalue weighted by molar-refractivity contribution is 5.59.